The predicted molar refractivity (Wildman–Crippen MR) is 147 cm³/mol. The highest BCUT2D eigenvalue weighted by Crippen LogP contribution is 2.43. The summed E-state index contributed by atoms with van der Waals surface area (Å²) in [5, 5.41) is 13.9. The molecule has 8 nitrogen and oxygen atoms in total. The molecular weight excluding hydrogens is 474 g/mol. The SMILES string of the molecule is CC(C)OC(=O)N[C@H](C(=S)N1CCC[C@H]1C(=O)NCC1CCC(C(=N)N)CC1)C(C)(C)C1CCCC1. The number of rotatable bonds is 9. The van der Waals surface area contributed by atoms with Gasteiger partial charge in [-0.2, -0.15) is 0 Å². The van der Waals surface area contributed by atoms with E-state index in [1.54, 1.807) is 0 Å². The molecule has 2 atom stereocenters. The predicted octanol–water partition coefficient (Wildman–Crippen LogP) is 4.36. The first-order valence-corrected chi connectivity index (χ1v) is 14.3. The third-order valence-electron chi connectivity index (χ3n) is 8.69. The fourth-order valence-electron chi connectivity index (χ4n) is 6.35. The number of amides is 2. The molecule has 0 bridgehead atoms. The van der Waals surface area contributed by atoms with Gasteiger partial charge in [-0.25, -0.2) is 4.79 Å². The molecule has 0 aromatic rings. The number of hydrogen-bond acceptors (Lipinski definition) is 5. The first-order chi connectivity index (χ1) is 17.0. The van der Waals surface area contributed by atoms with Crippen LogP contribution in [0, 0.1) is 28.6 Å². The molecule has 2 saturated carbocycles. The van der Waals surface area contributed by atoms with Gasteiger partial charge in [0.25, 0.3) is 0 Å². The van der Waals surface area contributed by atoms with E-state index in [9.17, 15) is 9.59 Å². The number of likely N-dealkylation sites (tertiary alicyclic amines) is 1. The standard InChI is InChI=1S/C27H47N5O3S/c1-17(2)35-26(34)31-22(27(3,4)20-8-5-6-9-20)25(36)32-15-7-10-21(32)24(33)30-16-18-11-13-19(14-12-18)23(28)29/h17-22H,5-16H2,1-4H3,(H3,28,29)(H,30,33)(H,31,34)/t18?,19?,21-,22+/m0/s1. The Bertz CT molecular complexity index is 803. The van der Waals surface area contributed by atoms with Crippen LogP contribution in [0.5, 0.6) is 0 Å². The number of carbonyl (C=O) groups is 2. The van der Waals surface area contributed by atoms with Gasteiger partial charge < -0.3 is 26.0 Å². The molecule has 0 spiro atoms. The fourth-order valence-corrected chi connectivity index (χ4v) is 6.93. The molecule has 0 aromatic heterocycles. The lowest BCUT2D eigenvalue weighted by Gasteiger charge is -2.43. The first-order valence-electron chi connectivity index (χ1n) is 13.9. The molecule has 1 aliphatic heterocycles. The molecule has 2 amide bonds. The molecule has 1 heterocycles. The summed E-state index contributed by atoms with van der Waals surface area (Å²) in [6, 6.07) is -0.687. The molecule has 0 aromatic carbocycles. The van der Waals surface area contributed by atoms with Crippen molar-refractivity contribution in [2.75, 3.05) is 13.1 Å². The lowest BCUT2D eigenvalue weighted by molar-refractivity contribution is -0.124. The van der Waals surface area contributed by atoms with Gasteiger partial charge in [-0.1, -0.05) is 38.9 Å². The van der Waals surface area contributed by atoms with Crippen molar-refractivity contribution in [3.8, 4) is 0 Å². The van der Waals surface area contributed by atoms with Crippen LogP contribution in [0.3, 0.4) is 0 Å². The summed E-state index contributed by atoms with van der Waals surface area (Å²) in [6.07, 6.45) is 9.45. The number of nitrogens with two attached hydrogens (primary N) is 1. The first kappa shape index (κ1) is 28.7. The van der Waals surface area contributed by atoms with Crippen LogP contribution >= 0.6 is 12.2 Å². The Morgan fingerprint density at radius 2 is 1.72 bits per heavy atom. The average Bonchev–Trinajstić information content (AvgIpc) is 3.53. The zero-order valence-corrected chi connectivity index (χ0v) is 23.4. The molecule has 9 heteroatoms. The summed E-state index contributed by atoms with van der Waals surface area (Å²) in [5.41, 5.74) is 5.42. The van der Waals surface area contributed by atoms with E-state index in [-0.39, 0.29) is 41.3 Å². The van der Waals surface area contributed by atoms with Crippen molar-refractivity contribution in [3.63, 3.8) is 0 Å². The molecule has 1 saturated heterocycles. The largest absolute Gasteiger partial charge is 0.447 e. The molecule has 2 aliphatic carbocycles. The maximum Gasteiger partial charge on any atom is 0.407 e. The van der Waals surface area contributed by atoms with Crippen molar-refractivity contribution in [1.82, 2.24) is 15.5 Å². The third-order valence-corrected chi connectivity index (χ3v) is 9.16. The summed E-state index contributed by atoms with van der Waals surface area (Å²) in [5.74, 6) is 1.38. The van der Waals surface area contributed by atoms with E-state index in [1.807, 2.05) is 18.7 Å². The zero-order chi connectivity index (χ0) is 26.5. The van der Waals surface area contributed by atoms with Crippen LogP contribution in [-0.4, -0.2) is 59.0 Å². The summed E-state index contributed by atoms with van der Waals surface area (Å²) >= 11 is 6.04. The van der Waals surface area contributed by atoms with Gasteiger partial charge >= 0.3 is 6.09 Å². The number of carbonyl (C=O) groups excluding carboxylic acids is 2. The highest BCUT2D eigenvalue weighted by Gasteiger charge is 2.45. The normalized spacial score (nSPS) is 26.0. The highest BCUT2D eigenvalue weighted by atomic mass is 32.1. The summed E-state index contributed by atoms with van der Waals surface area (Å²) in [6.45, 7) is 9.43. The Morgan fingerprint density at radius 3 is 2.31 bits per heavy atom. The van der Waals surface area contributed by atoms with E-state index >= 15 is 0 Å². The fraction of sp³-hybridized carbons (Fsp3) is 0.852. The number of alkyl carbamates (subject to hydrolysis) is 1. The Balaban J connectivity index is 1.66. The number of thiocarbonyl (C=S) groups is 1. The minimum atomic E-state index is -0.454. The maximum atomic E-state index is 13.3. The number of nitrogens with one attached hydrogen (secondary N) is 3. The Hall–Kier alpha value is -1.90. The molecule has 36 heavy (non-hydrogen) atoms. The lowest BCUT2D eigenvalue weighted by atomic mass is 9.71. The van der Waals surface area contributed by atoms with Crippen LogP contribution in [-0.2, 0) is 9.53 Å². The minimum Gasteiger partial charge on any atom is -0.447 e. The van der Waals surface area contributed by atoms with Gasteiger partial charge in [0, 0.05) is 19.0 Å². The van der Waals surface area contributed by atoms with Gasteiger partial charge in [-0.15, -0.1) is 0 Å². The van der Waals surface area contributed by atoms with Gasteiger partial charge in [-0.05, 0) is 82.5 Å². The van der Waals surface area contributed by atoms with Crippen molar-refractivity contribution in [2.45, 2.75) is 110 Å². The molecule has 3 aliphatic rings. The molecule has 204 valence electrons. The third kappa shape index (κ3) is 7.11. The number of ether oxygens (including phenoxy) is 1. The van der Waals surface area contributed by atoms with Crippen molar-refractivity contribution in [1.29, 1.82) is 5.41 Å². The molecule has 0 radical (unpaired) electrons. The molecular formula is C27H47N5O3S. The van der Waals surface area contributed by atoms with Gasteiger partial charge in [-0.3, -0.25) is 10.2 Å². The smallest absolute Gasteiger partial charge is 0.407 e. The van der Waals surface area contributed by atoms with E-state index < -0.39 is 6.09 Å². The Kier molecular flexibility index (Phi) is 10.0. The van der Waals surface area contributed by atoms with Crippen molar-refractivity contribution in [3.05, 3.63) is 0 Å². The van der Waals surface area contributed by atoms with E-state index in [0.29, 0.717) is 23.4 Å². The van der Waals surface area contributed by atoms with Gasteiger partial charge in [0.15, 0.2) is 0 Å². The molecule has 3 rings (SSSR count). The van der Waals surface area contributed by atoms with Crippen molar-refractivity contribution >= 4 is 35.0 Å². The highest BCUT2D eigenvalue weighted by molar-refractivity contribution is 7.80. The summed E-state index contributed by atoms with van der Waals surface area (Å²) in [4.78, 5) is 28.7. The van der Waals surface area contributed by atoms with E-state index in [1.165, 1.54) is 12.8 Å². The zero-order valence-electron chi connectivity index (χ0n) is 22.6. The quantitative estimate of drug-likeness (QED) is 0.203. The van der Waals surface area contributed by atoms with Crippen LogP contribution in [0.1, 0.15) is 91.9 Å². The van der Waals surface area contributed by atoms with Crippen LogP contribution in [0.15, 0.2) is 0 Å². The van der Waals surface area contributed by atoms with E-state index in [4.69, 9.17) is 28.1 Å². The summed E-state index contributed by atoms with van der Waals surface area (Å²) in [7, 11) is 0. The van der Waals surface area contributed by atoms with Gasteiger partial charge in [0.2, 0.25) is 5.91 Å². The average molecular weight is 522 g/mol. The van der Waals surface area contributed by atoms with Crippen LogP contribution < -0.4 is 16.4 Å². The van der Waals surface area contributed by atoms with Crippen molar-refractivity contribution < 1.29 is 14.3 Å². The number of nitrogens with zero attached hydrogens (tertiary/aromatic N) is 1. The van der Waals surface area contributed by atoms with Gasteiger partial charge in [0.05, 0.1) is 18.0 Å². The van der Waals surface area contributed by atoms with Crippen LogP contribution in [0.25, 0.3) is 0 Å². The maximum absolute atomic E-state index is 13.3. The summed E-state index contributed by atoms with van der Waals surface area (Å²) < 4.78 is 5.43. The van der Waals surface area contributed by atoms with Gasteiger partial charge in [0.1, 0.15) is 11.0 Å². The second kappa shape index (κ2) is 12.6. The Morgan fingerprint density at radius 1 is 1.08 bits per heavy atom. The van der Waals surface area contributed by atoms with Crippen LogP contribution in [0.4, 0.5) is 4.79 Å². The second-order valence-corrected chi connectivity index (χ2v) is 12.4. The second-order valence-electron chi connectivity index (χ2n) is 11.9. The number of amidine groups is 1. The monoisotopic (exact) mass is 521 g/mol. The molecule has 5 N–H and O–H groups in total. The topological polar surface area (TPSA) is 121 Å². The minimum absolute atomic E-state index is 0.0192. The number of hydrogen-bond donors (Lipinski definition) is 4. The van der Waals surface area contributed by atoms with E-state index in [2.05, 4.69) is 24.5 Å². The van der Waals surface area contributed by atoms with Crippen LogP contribution in [0.2, 0.25) is 0 Å². The lowest BCUT2D eigenvalue weighted by Crippen LogP contribution is -2.59. The van der Waals surface area contributed by atoms with E-state index in [0.717, 1.165) is 57.9 Å². The van der Waals surface area contributed by atoms with Crippen molar-refractivity contribution in [2.24, 2.45) is 28.9 Å². The molecule has 0 unspecified atom stereocenters. The molecule has 3 fully saturated rings. The Labute approximate surface area is 222 Å².